The largest absolute Gasteiger partial charge is 0.481 e. The Balaban J connectivity index is 2.18. The number of amides is 1. The molecule has 0 unspecified atom stereocenters. The topological polar surface area (TPSA) is 75.4 Å². The normalized spacial score (nSPS) is 10.5. The molecule has 2 aromatic rings. The number of hydrogen-bond donors (Lipinski definition) is 1. The van der Waals surface area contributed by atoms with E-state index in [-0.39, 0.29) is 18.9 Å². The van der Waals surface area contributed by atoms with Gasteiger partial charge in [0.1, 0.15) is 0 Å². The maximum absolute atomic E-state index is 12.4. The van der Waals surface area contributed by atoms with Gasteiger partial charge in [-0.05, 0) is 25.5 Å². The van der Waals surface area contributed by atoms with Gasteiger partial charge in [-0.1, -0.05) is 18.2 Å². The van der Waals surface area contributed by atoms with Crippen LogP contribution in [-0.4, -0.2) is 44.8 Å². The van der Waals surface area contributed by atoms with E-state index < -0.39 is 5.97 Å². The molecule has 22 heavy (non-hydrogen) atoms. The van der Waals surface area contributed by atoms with Crippen LogP contribution in [0.3, 0.4) is 0 Å². The smallest absolute Gasteiger partial charge is 0.305 e. The number of rotatable bonds is 6. The number of nitrogens with zero attached hydrogens (tertiary/aromatic N) is 3. The molecular formula is C16H19N3O3. The van der Waals surface area contributed by atoms with Crippen molar-refractivity contribution < 1.29 is 14.7 Å². The summed E-state index contributed by atoms with van der Waals surface area (Å²) < 4.78 is 1.66. The summed E-state index contributed by atoms with van der Waals surface area (Å²) >= 11 is 0. The Kier molecular flexibility index (Phi) is 4.93. The molecule has 0 aliphatic carbocycles. The summed E-state index contributed by atoms with van der Waals surface area (Å²) in [5, 5.41) is 13.0. The molecule has 0 saturated heterocycles. The fourth-order valence-corrected chi connectivity index (χ4v) is 2.20. The molecule has 1 heterocycles. The Labute approximate surface area is 129 Å². The van der Waals surface area contributed by atoms with Crippen LogP contribution in [-0.2, 0) is 4.79 Å². The number of hydrogen-bond acceptors (Lipinski definition) is 3. The molecule has 0 radical (unpaired) electrons. The van der Waals surface area contributed by atoms with Gasteiger partial charge in [0, 0.05) is 19.3 Å². The predicted molar refractivity (Wildman–Crippen MR) is 82.1 cm³/mol. The van der Waals surface area contributed by atoms with Crippen LogP contribution in [0.5, 0.6) is 0 Å². The van der Waals surface area contributed by atoms with Crippen LogP contribution in [0.15, 0.2) is 36.7 Å². The Bertz CT molecular complexity index is 679. The second-order valence-electron chi connectivity index (χ2n) is 4.99. The molecule has 6 nitrogen and oxygen atoms in total. The standard InChI is InChI=1S/C16H19N3O3/c1-3-18(9-8-15(20)21)16(22)13-10-17-19(11-13)14-7-5-4-6-12(14)2/h4-7,10-11H,3,8-9H2,1-2H3,(H,20,21). The maximum atomic E-state index is 12.4. The lowest BCUT2D eigenvalue weighted by Crippen LogP contribution is -2.32. The third-order valence-corrected chi connectivity index (χ3v) is 3.46. The van der Waals surface area contributed by atoms with Gasteiger partial charge < -0.3 is 10.0 Å². The van der Waals surface area contributed by atoms with Crippen LogP contribution in [0.25, 0.3) is 5.69 Å². The summed E-state index contributed by atoms with van der Waals surface area (Å²) in [6.45, 7) is 4.46. The highest BCUT2D eigenvalue weighted by atomic mass is 16.4. The first-order valence-corrected chi connectivity index (χ1v) is 7.14. The van der Waals surface area contributed by atoms with Crippen LogP contribution < -0.4 is 0 Å². The number of benzene rings is 1. The second-order valence-corrected chi connectivity index (χ2v) is 4.99. The van der Waals surface area contributed by atoms with Crippen LogP contribution >= 0.6 is 0 Å². The Morgan fingerprint density at radius 2 is 2.05 bits per heavy atom. The zero-order valence-corrected chi connectivity index (χ0v) is 12.7. The fourth-order valence-electron chi connectivity index (χ4n) is 2.20. The Morgan fingerprint density at radius 1 is 1.32 bits per heavy atom. The third kappa shape index (κ3) is 3.52. The molecule has 1 aromatic carbocycles. The number of carbonyl (C=O) groups is 2. The van der Waals surface area contributed by atoms with Gasteiger partial charge in [-0.25, -0.2) is 4.68 Å². The van der Waals surface area contributed by atoms with E-state index >= 15 is 0 Å². The van der Waals surface area contributed by atoms with Crippen LogP contribution in [0.2, 0.25) is 0 Å². The van der Waals surface area contributed by atoms with E-state index in [1.54, 1.807) is 10.9 Å². The lowest BCUT2D eigenvalue weighted by atomic mass is 10.2. The molecule has 0 fully saturated rings. The number of carbonyl (C=O) groups excluding carboxylic acids is 1. The molecule has 0 spiro atoms. The van der Waals surface area contributed by atoms with Gasteiger partial charge in [-0.2, -0.15) is 5.10 Å². The highest BCUT2D eigenvalue weighted by molar-refractivity contribution is 5.94. The van der Waals surface area contributed by atoms with E-state index in [4.69, 9.17) is 5.11 Å². The van der Waals surface area contributed by atoms with E-state index in [1.165, 1.54) is 11.1 Å². The summed E-state index contributed by atoms with van der Waals surface area (Å²) in [4.78, 5) is 24.6. The highest BCUT2D eigenvalue weighted by Crippen LogP contribution is 2.14. The van der Waals surface area contributed by atoms with Crippen molar-refractivity contribution in [2.75, 3.05) is 13.1 Å². The molecule has 0 aliphatic heterocycles. The van der Waals surface area contributed by atoms with Crippen molar-refractivity contribution in [3.63, 3.8) is 0 Å². The van der Waals surface area contributed by atoms with Crippen LogP contribution in [0.4, 0.5) is 0 Å². The van der Waals surface area contributed by atoms with Crippen molar-refractivity contribution in [3.05, 3.63) is 47.8 Å². The van der Waals surface area contributed by atoms with E-state index in [0.29, 0.717) is 12.1 Å². The molecule has 0 aliphatic rings. The van der Waals surface area contributed by atoms with Gasteiger partial charge in [0.15, 0.2) is 0 Å². The van der Waals surface area contributed by atoms with Gasteiger partial charge in [0.05, 0.1) is 23.9 Å². The van der Waals surface area contributed by atoms with Crippen molar-refractivity contribution in [1.29, 1.82) is 0 Å². The maximum Gasteiger partial charge on any atom is 0.305 e. The molecule has 6 heteroatoms. The van der Waals surface area contributed by atoms with Crippen molar-refractivity contribution in [2.24, 2.45) is 0 Å². The van der Waals surface area contributed by atoms with Crippen LogP contribution in [0, 0.1) is 6.92 Å². The number of carboxylic acid groups (broad SMARTS) is 1. The monoisotopic (exact) mass is 301 g/mol. The molecule has 0 bridgehead atoms. The van der Waals surface area contributed by atoms with E-state index in [2.05, 4.69) is 5.10 Å². The van der Waals surface area contributed by atoms with Gasteiger partial charge >= 0.3 is 5.97 Å². The van der Waals surface area contributed by atoms with E-state index in [0.717, 1.165) is 11.3 Å². The third-order valence-electron chi connectivity index (χ3n) is 3.46. The number of para-hydroxylation sites is 1. The number of aromatic nitrogens is 2. The molecule has 1 aromatic heterocycles. The molecule has 0 saturated carbocycles. The summed E-state index contributed by atoms with van der Waals surface area (Å²) in [5.41, 5.74) is 2.42. The first-order chi connectivity index (χ1) is 10.5. The fraction of sp³-hybridized carbons (Fsp3) is 0.312. The highest BCUT2D eigenvalue weighted by Gasteiger charge is 2.17. The van der Waals surface area contributed by atoms with Crippen molar-refractivity contribution in [2.45, 2.75) is 20.3 Å². The average Bonchev–Trinajstić information content (AvgIpc) is 2.97. The number of aryl methyl sites for hydroxylation is 1. The van der Waals surface area contributed by atoms with Crippen molar-refractivity contribution >= 4 is 11.9 Å². The number of carboxylic acids is 1. The van der Waals surface area contributed by atoms with Crippen molar-refractivity contribution in [1.82, 2.24) is 14.7 Å². The summed E-state index contributed by atoms with van der Waals surface area (Å²) in [6.07, 6.45) is 3.12. The Morgan fingerprint density at radius 3 is 2.68 bits per heavy atom. The van der Waals surface area contributed by atoms with Gasteiger partial charge in [-0.3, -0.25) is 9.59 Å². The lowest BCUT2D eigenvalue weighted by Gasteiger charge is -2.18. The minimum atomic E-state index is -0.915. The first kappa shape index (κ1) is 15.8. The quantitative estimate of drug-likeness (QED) is 0.886. The van der Waals surface area contributed by atoms with Gasteiger partial charge in [0.25, 0.3) is 5.91 Å². The molecule has 2 rings (SSSR count). The Hall–Kier alpha value is -2.63. The molecule has 1 N–H and O–H groups in total. The summed E-state index contributed by atoms with van der Waals surface area (Å²) in [7, 11) is 0. The zero-order valence-electron chi connectivity index (χ0n) is 12.7. The van der Waals surface area contributed by atoms with Crippen LogP contribution in [0.1, 0.15) is 29.3 Å². The average molecular weight is 301 g/mol. The SMILES string of the molecule is CCN(CCC(=O)O)C(=O)c1cnn(-c2ccccc2C)c1. The molecule has 1 amide bonds. The number of aliphatic carboxylic acids is 1. The second kappa shape index (κ2) is 6.89. The minimum absolute atomic E-state index is 0.0640. The van der Waals surface area contributed by atoms with Gasteiger partial charge in [-0.15, -0.1) is 0 Å². The zero-order chi connectivity index (χ0) is 16.1. The lowest BCUT2D eigenvalue weighted by molar-refractivity contribution is -0.137. The summed E-state index contributed by atoms with van der Waals surface area (Å²) in [6, 6.07) is 7.76. The van der Waals surface area contributed by atoms with E-state index in [1.807, 2.05) is 38.1 Å². The predicted octanol–water partition coefficient (Wildman–Crippen LogP) is 2.12. The molecule has 116 valence electrons. The van der Waals surface area contributed by atoms with Crippen molar-refractivity contribution in [3.8, 4) is 5.69 Å². The van der Waals surface area contributed by atoms with E-state index in [9.17, 15) is 9.59 Å². The minimum Gasteiger partial charge on any atom is -0.481 e. The first-order valence-electron chi connectivity index (χ1n) is 7.14. The summed E-state index contributed by atoms with van der Waals surface area (Å²) in [5.74, 6) is -1.12. The molecular weight excluding hydrogens is 282 g/mol. The molecule has 0 atom stereocenters. The van der Waals surface area contributed by atoms with Gasteiger partial charge in [0.2, 0.25) is 0 Å².